The molecule has 1 fully saturated rings. The minimum atomic E-state index is 0. The molecule has 0 amide bonds. The van der Waals surface area contributed by atoms with Crippen molar-refractivity contribution in [2.24, 2.45) is 10.9 Å². The molecule has 0 spiro atoms. The summed E-state index contributed by atoms with van der Waals surface area (Å²) in [4.78, 5) is 8.83. The first-order chi connectivity index (χ1) is 12.5. The van der Waals surface area contributed by atoms with Crippen molar-refractivity contribution < 1.29 is 0 Å². The number of benzene rings is 1. The van der Waals surface area contributed by atoms with Crippen LogP contribution in [-0.2, 0) is 18.5 Å². The minimum Gasteiger partial charge on any atom is -0.356 e. The monoisotopic (exact) mass is 545 g/mol. The van der Waals surface area contributed by atoms with Crippen LogP contribution in [0, 0.1) is 5.92 Å². The first kappa shape index (κ1) is 22.2. The SMILES string of the molecule is CN=C(NCc1nccn1CC(C)C)NCC1(c2cccc(Br)c2)CC1.I. The average molecular weight is 546 g/mol. The molecular formula is C20H29BrIN5. The summed E-state index contributed by atoms with van der Waals surface area (Å²) in [6.45, 7) is 6.98. The van der Waals surface area contributed by atoms with Crippen LogP contribution in [0.4, 0.5) is 0 Å². The van der Waals surface area contributed by atoms with Crippen molar-refractivity contribution in [3.05, 3.63) is 52.5 Å². The van der Waals surface area contributed by atoms with Crippen LogP contribution in [0.15, 0.2) is 46.1 Å². The topological polar surface area (TPSA) is 54.2 Å². The van der Waals surface area contributed by atoms with Crippen LogP contribution < -0.4 is 10.6 Å². The molecule has 0 saturated heterocycles. The number of aliphatic imine (C=N–C) groups is 1. The van der Waals surface area contributed by atoms with Crippen molar-refractivity contribution in [3.63, 3.8) is 0 Å². The van der Waals surface area contributed by atoms with Gasteiger partial charge in [-0.05, 0) is 36.5 Å². The lowest BCUT2D eigenvalue weighted by Gasteiger charge is -2.19. The minimum absolute atomic E-state index is 0. The standard InChI is InChI=1S/C20H28BrN5.HI/c1-15(2)13-26-10-9-23-18(26)12-24-19(22-3)25-14-20(7-8-20)16-5-4-6-17(21)11-16;/h4-6,9-11,15H,7-8,12-14H2,1-3H3,(H2,22,24,25);1H. The van der Waals surface area contributed by atoms with Gasteiger partial charge in [-0.2, -0.15) is 0 Å². The van der Waals surface area contributed by atoms with E-state index < -0.39 is 0 Å². The summed E-state index contributed by atoms with van der Waals surface area (Å²) in [6.07, 6.45) is 6.33. The zero-order valence-corrected chi connectivity index (χ0v) is 20.1. The second-order valence-electron chi connectivity index (χ2n) is 7.46. The Labute approximate surface area is 187 Å². The Morgan fingerprint density at radius 3 is 2.74 bits per heavy atom. The molecule has 0 atom stereocenters. The Balaban J connectivity index is 0.00000261. The Kier molecular flexibility index (Phi) is 8.15. The van der Waals surface area contributed by atoms with Gasteiger partial charge in [0.1, 0.15) is 5.82 Å². The second kappa shape index (κ2) is 9.91. The van der Waals surface area contributed by atoms with Gasteiger partial charge in [0.2, 0.25) is 0 Å². The summed E-state index contributed by atoms with van der Waals surface area (Å²) in [5.74, 6) is 2.46. The average Bonchev–Trinajstić information content (AvgIpc) is 3.29. The number of nitrogens with zero attached hydrogens (tertiary/aromatic N) is 3. The smallest absolute Gasteiger partial charge is 0.191 e. The fourth-order valence-corrected chi connectivity index (χ4v) is 3.64. The van der Waals surface area contributed by atoms with Crippen molar-refractivity contribution >= 4 is 45.9 Å². The lowest BCUT2D eigenvalue weighted by Crippen LogP contribution is -2.41. The summed E-state index contributed by atoms with van der Waals surface area (Å²) >= 11 is 3.58. The molecule has 1 aromatic carbocycles. The predicted octanol–water partition coefficient (Wildman–Crippen LogP) is 4.32. The van der Waals surface area contributed by atoms with Crippen LogP contribution in [0.5, 0.6) is 0 Å². The predicted molar refractivity (Wildman–Crippen MR) is 126 cm³/mol. The fraction of sp³-hybridized carbons (Fsp3) is 0.500. The molecular weight excluding hydrogens is 517 g/mol. The molecule has 27 heavy (non-hydrogen) atoms. The Morgan fingerprint density at radius 2 is 2.11 bits per heavy atom. The van der Waals surface area contributed by atoms with Gasteiger partial charge in [-0.3, -0.25) is 4.99 Å². The molecule has 1 heterocycles. The first-order valence-corrected chi connectivity index (χ1v) is 10.0. The number of hydrogen-bond donors (Lipinski definition) is 2. The lowest BCUT2D eigenvalue weighted by molar-refractivity contribution is 0.503. The molecule has 1 saturated carbocycles. The van der Waals surface area contributed by atoms with Gasteiger partial charge in [0.05, 0.1) is 6.54 Å². The van der Waals surface area contributed by atoms with Crippen LogP contribution in [0.2, 0.25) is 0 Å². The van der Waals surface area contributed by atoms with Crippen molar-refractivity contribution in [3.8, 4) is 0 Å². The molecule has 0 bridgehead atoms. The number of aromatic nitrogens is 2. The van der Waals surface area contributed by atoms with Crippen LogP contribution in [-0.4, -0.2) is 29.1 Å². The number of hydrogen-bond acceptors (Lipinski definition) is 2. The summed E-state index contributed by atoms with van der Waals surface area (Å²) < 4.78 is 3.34. The maximum atomic E-state index is 4.47. The summed E-state index contributed by atoms with van der Waals surface area (Å²) in [5.41, 5.74) is 1.62. The highest BCUT2D eigenvalue weighted by Crippen LogP contribution is 2.48. The molecule has 148 valence electrons. The Bertz CT molecular complexity index is 767. The number of imidazole rings is 1. The van der Waals surface area contributed by atoms with Crippen molar-refractivity contribution in [2.75, 3.05) is 13.6 Å². The van der Waals surface area contributed by atoms with Crippen LogP contribution >= 0.6 is 39.9 Å². The molecule has 1 aliphatic carbocycles. The highest BCUT2D eigenvalue weighted by atomic mass is 127. The van der Waals surface area contributed by atoms with E-state index in [0.29, 0.717) is 12.5 Å². The first-order valence-electron chi connectivity index (χ1n) is 9.23. The fourth-order valence-electron chi connectivity index (χ4n) is 3.24. The molecule has 3 rings (SSSR count). The molecule has 5 nitrogen and oxygen atoms in total. The highest BCUT2D eigenvalue weighted by molar-refractivity contribution is 14.0. The van der Waals surface area contributed by atoms with E-state index in [1.54, 1.807) is 0 Å². The van der Waals surface area contributed by atoms with E-state index in [9.17, 15) is 0 Å². The molecule has 2 aromatic rings. The van der Waals surface area contributed by atoms with E-state index in [-0.39, 0.29) is 29.4 Å². The Hall–Kier alpha value is -1.09. The van der Waals surface area contributed by atoms with Gasteiger partial charge in [0.25, 0.3) is 0 Å². The molecule has 2 N–H and O–H groups in total. The van der Waals surface area contributed by atoms with Gasteiger partial charge in [-0.25, -0.2) is 4.98 Å². The lowest BCUT2D eigenvalue weighted by atomic mass is 9.96. The van der Waals surface area contributed by atoms with Crippen molar-refractivity contribution in [2.45, 2.75) is 45.2 Å². The third kappa shape index (κ3) is 5.94. The maximum absolute atomic E-state index is 4.47. The zero-order valence-electron chi connectivity index (χ0n) is 16.2. The van der Waals surface area contributed by atoms with Crippen LogP contribution in [0.1, 0.15) is 38.1 Å². The van der Waals surface area contributed by atoms with E-state index in [2.05, 4.69) is 79.2 Å². The van der Waals surface area contributed by atoms with Gasteiger partial charge in [0, 0.05) is 42.4 Å². The van der Waals surface area contributed by atoms with Crippen molar-refractivity contribution in [1.29, 1.82) is 0 Å². The highest BCUT2D eigenvalue weighted by Gasteiger charge is 2.44. The maximum Gasteiger partial charge on any atom is 0.191 e. The largest absolute Gasteiger partial charge is 0.356 e. The van der Waals surface area contributed by atoms with Gasteiger partial charge < -0.3 is 15.2 Å². The van der Waals surface area contributed by atoms with E-state index in [1.165, 1.54) is 18.4 Å². The zero-order chi connectivity index (χ0) is 18.6. The Morgan fingerprint density at radius 1 is 1.33 bits per heavy atom. The number of rotatable bonds is 7. The molecule has 0 aliphatic heterocycles. The van der Waals surface area contributed by atoms with E-state index in [1.807, 2.05) is 19.4 Å². The van der Waals surface area contributed by atoms with Crippen LogP contribution in [0.25, 0.3) is 0 Å². The molecule has 7 heteroatoms. The van der Waals surface area contributed by atoms with E-state index >= 15 is 0 Å². The van der Waals surface area contributed by atoms with Gasteiger partial charge in [0.15, 0.2) is 5.96 Å². The van der Waals surface area contributed by atoms with Gasteiger partial charge >= 0.3 is 0 Å². The molecule has 0 radical (unpaired) electrons. The molecule has 0 unspecified atom stereocenters. The molecule has 1 aromatic heterocycles. The number of guanidine groups is 1. The summed E-state index contributed by atoms with van der Waals surface area (Å²) in [7, 11) is 1.81. The third-order valence-electron chi connectivity index (χ3n) is 4.89. The quantitative estimate of drug-likeness (QED) is 0.309. The number of halogens is 2. The third-order valence-corrected chi connectivity index (χ3v) is 5.38. The van der Waals surface area contributed by atoms with Crippen molar-refractivity contribution in [1.82, 2.24) is 20.2 Å². The number of nitrogens with one attached hydrogen (secondary N) is 2. The van der Waals surface area contributed by atoms with E-state index in [0.717, 1.165) is 29.3 Å². The summed E-state index contributed by atoms with van der Waals surface area (Å²) in [6, 6.07) is 8.64. The molecule has 1 aliphatic rings. The second-order valence-corrected chi connectivity index (χ2v) is 8.38. The van der Waals surface area contributed by atoms with Gasteiger partial charge in [-0.15, -0.1) is 24.0 Å². The normalized spacial score (nSPS) is 15.4. The van der Waals surface area contributed by atoms with E-state index in [4.69, 9.17) is 0 Å². The van der Waals surface area contributed by atoms with Crippen LogP contribution in [0.3, 0.4) is 0 Å². The van der Waals surface area contributed by atoms with Gasteiger partial charge in [-0.1, -0.05) is 41.9 Å². The summed E-state index contributed by atoms with van der Waals surface area (Å²) in [5, 5.41) is 6.89.